The van der Waals surface area contributed by atoms with E-state index in [-0.39, 0.29) is 11.5 Å². The number of phosphoric ester groups is 1. The molecular weight excluding hydrogens is 459 g/mol. The second kappa shape index (κ2) is 8.17. The Labute approximate surface area is 196 Å². The Kier molecular flexibility index (Phi) is 5.40. The standard InChI is InChI=1S/C25H23O8P/c1-3-4-6-15-7-5-8-20-23(15)24(26)32-25(20)18-11-9-16(30-2)13-21(18)31-22-14-17(10-12-19(22)25)33-34(27,28)29/h5,7-14H,3-4,6H2,1-2H3,(H2,27,28,29). The highest BCUT2D eigenvalue weighted by Crippen LogP contribution is 2.57. The predicted octanol–water partition coefficient (Wildman–Crippen LogP) is 5.08. The van der Waals surface area contributed by atoms with E-state index >= 15 is 0 Å². The van der Waals surface area contributed by atoms with Crippen LogP contribution in [0, 0.1) is 0 Å². The fourth-order valence-corrected chi connectivity index (χ4v) is 5.08. The molecule has 3 aromatic rings. The van der Waals surface area contributed by atoms with Crippen molar-refractivity contribution in [1.29, 1.82) is 0 Å². The van der Waals surface area contributed by atoms with Crippen LogP contribution >= 0.6 is 7.82 Å². The largest absolute Gasteiger partial charge is 0.524 e. The summed E-state index contributed by atoms with van der Waals surface area (Å²) in [6, 6.07) is 15.4. The fourth-order valence-electron chi connectivity index (χ4n) is 4.70. The zero-order valence-corrected chi connectivity index (χ0v) is 19.5. The number of ether oxygens (including phenoxy) is 3. The number of carbonyl (C=O) groups is 1. The lowest BCUT2D eigenvalue weighted by molar-refractivity contribution is 0.0223. The summed E-state index contributed by atoms with van der Waals surface area (Å²) in [5.74, 6) is 0.703. The van der Waals surface area contributed by atoms with E-state index in [0.29, 0.717) is 33.8 Å². The molecular formula is C25H23O8P. The molecule has 0 bridgehead atoms. The van der Waals surface area contributed by atoms with Crippen LogP contribution in [0.15, 0.2) is 54.6 Å². The number of methoxy groups -OCH3 is 1. The summed E-state index contributed by atoms with van der Waals surface area (Å²) in [7, 11) is -3.24. The monoisotopic (exact) mass is 482 g/mol. The molecule has 5 rings (SSSR count). The molecule has 34 heavy (non-hydrogen) atoms. The number of aryl methyl sites for hydroxylation is 1. The Morgan fingerprint density at radius 1 is 0.971 bits per heavy atom. The van der Waals surface area contributed by atoms with Crippen molar-refractivity contribution in [1.82, 2.24) is 0 Å². The third kappa shape index (κ3) is 3.55. The summed E-state index contributed by atoms with van der Waals surface area (Å²) in [4.78, 5) is 31.8. The lowest BCUT2D eigenvalue weighted by Crippen LogP contribution is -2.33. The maximum Gasteiger partial charge on any atom is 0.524 e. The number of benzene rings is 3. The number of fused-ring (bicyclic) bond motifs is 6. The van der Waals surface area contributed by atoms with Gasteiger partial charge in [0.1, 0.15) is 23.0 Å². The number of carbonyl (C=O) groups excluding carboxylic acids is 1. The third-order valence-electron chi connectivity index (χ3n) is 6.12. The van der Waals surface area contributed by atoms with Crippen molar-refractivity contribution in [2.75, 3.05) is 7.11 Å². The molecule has 1 unspecified atom stereocenters. The first-order chi connectivity index (χ1) is 16.3. The highest BCUT2D eigenvalue weighted by atomic mass is 31.2. The van der Waals surface area contributed by atoms with Gasteiger partial charge in [0.25, 0.3) is 0 Å². The van der Waals surface area contributed by atoms with Crippen molar-refractivity contribution in [2.45, 2.75) is 31.8 Å². The van der Waals surface area contributed by atoms with Crippen molar-refractivity contribution in [2.24, 2.45) is 0 Å². The molecule has 0 aromatic heterocycles. The lowest BCUT2D eigenvalue weighted by Gasteiger charge is -2.36. The van der Waals surface area contributed by atoms with Crippen LogP contribution in [0.4, 0.5) is 0 Å². The van der Waals surface area contributed by atoms with E-state index in [1.165, 1.54) is 19.2 Å². The average Bonchev–Trinajstić information content (AvgIpc) is 3.09. The summed E-state index contributed by atoms with van der Waals surface area (Å²) in [5.41, 5.74) is 2.04. The zero-order valence-electron chi connectivity index (χ0n) is 18.6. The van der Waals surface area contributed by atoms with Gasteiger partial charge in [-0.25, -0.2) is 9.36 Å². The minimum absolute atomic E-state index is 0.0742. The molecule has 0 aliphatic carbocycles. The molecule has 0 saturated carbocycles. The van der Waals surface area contributed by atoms with E-state index < -0.39 is 19.4 Å². The van der Waals surface area contributed by atoms with E-state index in [2.05, 4.69) is 6.92 Å². The van der Waals surface area contributed by atoms with Gasteiger partial charge in [0.2, 0.25) is 0 Å². The van der Waals surface area contributed by atoms with Gasteiger partial charge < -0.3 is 18.7 Å². The first-order valence-corrected chi connectivity index (χ1v) is 12.4. The number of phosphoric acid groups is 1. The Morgan fingerprint density at radius 3 is 2.29 bits per heavy atom. The maximum absolute atomic E-state index is 13.3. The molecule has 2 aliphatic heterocycles. The molecule has 176 valence electrons. The van der Waals surface area contributed by atoms with E-state index in [1.807, 2.05) is 18.2 Å². The first kappa shape index (κ1) is 22.5. The molecule has 0 amide bonds. The van der Waals surface area contributed by atoms with Crippen LogP contribution in [0.5, 0.6) is 23.0 Å². The predicted molar refractivity (Wildman–Crippen MR) is 123 cm³/mol. The van der Waals surface area contributed by atoms with E-state index in [1.54, 1.807) is 24.3 Å². The Hall–Kier alpha value is -3.32. The van der Waals surface area contributed by atoms with Crippen molar-refractivity contribution in [3.63, 3.8) is 0 Å². The molecule has 2 heterocycles. The van der Waals surface area contributed by atoms with Crippen molar-refractivity contribution in [3.05, 3.63) is 82.4 Å². The van der Waals surface area contributed by atoms with Crippen LogP contribution in [0.3, 0.4) is 0 Å². The van der Waals surface area contributed by atoms with Crippen LogP contribution in [0.25, 0.3) is 0 Å². The molecule has 0 fully saturated rings. The van der Waals surface area contributed by atoms with Crippen molar-refractivity contribution >= 4 is 13.8 Å². The molecule has 1 atom stereocenters. The third-order valence-corrected chi connectivity index (χ3v) is 6.57. The van der Waals surface area contributed by atoms with Gasteiger partial charge in [-0.3, -0.25) is 9.79 Å². The molecule has 1 spiro atoms. The van der Waals surface area contributed by atoms with Crippen LogP contribution in [0.1, 0.15) is 52.4 Å². The quantitative estimate of drug-likeness (QED) is 0.370. The summed E-state index contributed by atoms with van der Waals surface area (Å²) < 4.78 is 33.8. The molecule has 2 N–H and O–H groups in total. The van der Waals surface area contributed by atoms with E-state index in [9.17, 15) is 19.1 Å². The summed E-state index contributed by atoms with van der Waals surface area (Å²) in [6.45, 7) is 2.10. The van der Waals surface area contributed by atoms with E-state index in [4.69, 9.17) is 18.7 Å². The lowest BCUT2D eigenvalue weighted by atomic mass is 9.77. The van der Waals surface area contributed by atoms with Gasteiger partial charge >= 0.3 is 13.8 Å². The second-order valence-electron chi connectivity index (χ2n) is 8.22. The first-order valence-electron chi connectivity index (χ1n) is 10.9. The summed E-state index contributed by atoms with van der Waals surface area (Å²) in [5, 5.41) is 0. The van der Waals surface area contributed by atoms with Crippen LogP contribution < -0.4 is 14.0 Å². The molecule has 0 radical (unpaired) electrons. The SMILES string of the molecule is CCCCc1cccc2c1C(=O)OC21c2ccc(OC)cc2Oc2cc(OP(=O)(O)O)ccc21. The highest BCUT2D eigenvalue weighted by molar-refractivity contribution is 7.46. The number of hydrogen-bond donors (Lipinski definition) is 2. The average molecular weight is 482 g/mol. The highest BCUT2D eigenvalue weighted by Gasteiger charge is 2.54. The van der Waals surface area contributed by atoms with Gasteiger partial charge in [-0.15, -0.1) is 0 Å². The minimum atomic E-state index is -4.78. The van der Waals surface area contributed by atoms with Gasteiger partial charge in [0, 0.05) is 28.8 Å². The zero-order chi connectivity index (χ0) is 24.1. The Morgan fingerprint density at radius 2 is 1.65 bits per heavy atom. The Balaban J connectivity index is 1.76. The normalized spacial score (nSPS) is 17.9. The maximum atomic E-state index is 13.3. The van der Waals surface area contributed by atoms with Crippen molar-refractivity contribution < 1.29 is 37.9 Å². The van der Waals surface area contributed by atoms with Gasteiger partial charge in [-0.2, -0.15) is 0 Å². The molecule has 3 aromatic carbocycles. The van der Waals surface area contributed by atoms with Gasteiger partial charge in [-0.1, -0.05) is 31.5 Å². The topological polar surface area (TPSA) is 112 Å². The van der Waals surface area contributed by atoms with Crippen LogP contribution in [-0.4, -0.2) is 22.9 Å². The van der Waals surface area contributed by atoms with Gasteiger partial charge in [-0.05, 0) is 42.7 Å². The summed E-state index contributed by atoms with van der Waals surface area (Å²) in [6.07, 6.45) is 2.68. The molecule has 2 aliphatic rings. The van der Waals surface area contributed by atoms with Crippen LogP contribution in [0.2, 0.25) is 0 Å². The number of hydrogen-bond acceptors (Lipinski definition) is 6. The minimum Gasteiger partial charge on any atom is -0.497 e. The molecule has 8 nitrogen and oxygen atoms in total. The smallest absolute Gasteiger partial charge is 0.497 e. The van der Waals surface area contributed by atoms with E-state index in [0.717, 1.165) is 24.8 Å². The second-order valence-corrected chi connectivity index (χ2v) is 9.38. The Bertz CT molecular complexity index is 1340. The van der Waals surface area contributed by atoms with Gasteiger partial charge in [0.05, 0.1) is 12.7 Å². The van der Waals surface area contributed by atoms with Crippen molar-refractivity contribution in [3.8, 4) is 23.0 Å². The summed E-state index contributed by atoms with van der Waals surface area (Å²) >= 11 is 0. The van der Waals surface area contributed by atoms with Gasteiger partial charge in [0.15, 0.2) is 5.60 Å². The molecule has 0 saturated heterocycles. The number of esters is 1. The number of unbranched alkanes of at least 4 members (excludes halogenated alkanes) is 1. The number of rotatable bonds is 6. The molecule has 9 heteroatoms. The fraction of sp³-hybridized carbons (Fsp3) is 0.240. The van der Waals surface area contributed by atoms with Crippen LogP contribution in [-0.2, 0) is 21.3 Å².